The number of amides is 2. The molecule has 2 aromatic carbocycles. The highest BCUT2D eigenvalue weighted by atomic mass is 16.5. The van der Waals surface area contributed by atoms with Gasteiger partial charge in [0.1, 0.15) is 11.4 Å². The van der Waals surface area contributed by atoms with Gasteiger partial charge in [-0.3, -0.25) is 9.59 Å². The summed E-state index contributed by atoms with van der Waals surface area (Å²) in [6.45, 7) is 6.57. The lowest BCUT2D eigenvalue weighted by molar-refractivity contribution is -0.119. The van der Waals surface area contributed by atoms with Crippen LogP contribution in [-0.2, 0) is 19.1 Å². The number of aromatic nitrogens is 1. The zero-order valence-electron chi connectivity index (χ0n) is 20.5. The molecular weight excluding hydrogens is 462 g/mol. The normalized spacial score (nSPS) is 10.3. The van der Waals surface area contributed by atoms with Crippen LogP contribution in [-0.4, -0.2) is 42.0 Å². The number of rotatable bonds is 8. The van der Waals surface area contributed by atoms with E-state index < -0.39 is 37.0 Å². The van der Waals surface area contributed by atoms with Crippen LogP contribution in [0.5, 0.6) is 0 Å². The Morgan fingerprint density at radius 1 is 0.639 bits per heavy atom. The predicted octanol–water partition coefficient (Wildman–Crippen LogP) is 3.91. The van der Waals surface area contributed by atoms with Gasteiger partial charge in [0.2, 0.25) is 0 Å². The van der Waals surface area contributed by atoms with E-state index >= 15 is 0 Å². The Hall–Kier alpha value is -4.53. The molecule has 0 saturated carbocycles. The fraction of sp³-hybridized carbons (Fsp3) is 0.222. The number of anilines is 2. The fourth-order valence-corrected chi connectivity index (χ4v) is 3.56. The summed E-state index contributed by atoms with van der Waals surface area (Å²) in [6, 6.07) is 15.2. The first kappa shape index (κ1) is 26.1. The largest absolute Gasteiger partial charge is 0.451 e. The first-order chi connectivity index (χ1) is 17.1. The lowest BCUT2D eigenvalue weighted by Gasteiger charge is -2.09. The van der Waals surface area contributed by atoms with Crippen molar-refractivity contribution in [2.24, 2.45) is 0 Å². The highest BCUT2D eigenvalue weighted by Gasteiger charge is 2.17. The molecule has 0 bridgehead atoms. The van der Waals surface area contributed by atoms with Gasteiger partial charge >= 0.3 is 11.9 Å². The lowest BCUT2D eigenvalue weighted by Crippen LogP contribution is -2.23. The maximum absolute atomic E-state index is 12.3. The molecule has 2 N–H and O–H groups in total. The number of hydrogen-bond acceptors (Lipinski definition) is 7. The molecule has 186 valence electrons. The molecule has 36 heavy (non-hydrogen) atoms. The van der Waals surface area contributed by atoms with Crippen molar-refractivity contribution >= 4 is 35.1 Å². The van der Waals surface area contributed by atoms with Crippen molar-refractivity contribution in [2.75, 3.05) is 23.8 Å². The number of ether oxygens (including phenoxy) is 2. The molecule has 3 aromatic rings. The van der Waals surface area contributed by atoms with E-state index in [0.29, 0.717) is 11.4 Å². The lowest BCUT2D eigenvalue weighted by atomic mass is 10.1. The fourth-order valence-electron chi connectivity index (χ4n) is 3.56. The molecule has 0 saturated heterocycles. The third-order valence-electron chi connectivity index (χ3n) is 4.85. The minimum Gasteiger partial charge on any atom is -0.451 e. The Kier molecular flexibility index (Phi) is 8.51. The second-order valence-electron chi connectivity index (χ2n) is 8.41. The summed E-state index contributed by atoms with van der Waals surface area (Å²) in [5.41, 5.74) is 4.77. The molecule has 1 heterocycles. The second kappa shape index (κ2) is 11.7. The van der Waals surface area contributed by atoms with Gasteiger partial charge in [0.15, 0.2) is 13.2 Å². The number of aryl methyl sites for hydroxylation is 4. The number of carbonyl (C=O) groups excluding carboxylic acids is 4. The molecule has 0 spiro atoms. The molecule has 1 aromatic heterocycles. The molecule has 9 heteroatoms. The molecule has 9 nitrogen and oxygen atoms in total. The van der Waals surface area contributed by atoms with Crippen molar-refractivity contribution in [3.63, 3.8) is 0 Å². The maximum atomic E-state index is 12.3. The Morgan fingerprint density at radius 3 is 1.36 bits per heavy atom. The third kappa shape index (κ3) is 7.76. The van der Waals surface area contributed by atoms with Crippen LogP contribution < -0.4 is 10.6 Å². The summed E-state index contributed by atoms with van der Waals surface area (Å²) in [5, 5.41) is 5.32. The van der Waals surface area contributed by atoms with Gasteiger partial charge in [0, 0.05) is 11.4 Å². The van der Waals surface area contributed by atoms with Gasteiger partial charge in [0.25, 0.3) is 11.8 Å². The van der Waals surface area contributed by atoms with Crippen LogP contribution in [0.2, 0.25) is 0 Å². The van der Waals surface area contributed by atoms with E-state index in [2.05, 4.69) is 15.6 Å². The number of nitrogens with zero attached hydrogens (tertiary/aromatic N) is 1. The van der Waals surface area contributed by atoms with Crippen LogP contribution in [0.4, 0.5) is 11.4 Å². The van der Waals surface area contributed by atoms with Crippen molar-refractivity contribution in [1.29, 1.82) is 0 Å². The average molecular weight is 490 g/mol. The minimum atomic E-state index is -0.882. The van der Waals surface area contributed by atoms with Crippen molar-refractivity contribution < 1.29 is 28.7 Å². The summed E-state index contributed by atoms with van der Waals surface area (Å²) in [6.07, 6.45) is 0. The van der Waals surface area contributed by atoms with E-state index in [-0.39, 0.29) is 11.4 Å². The molecule has 2 amide bonds. The van der Waals surface area contributed by atoms with E-state index in [1.165, 1.54) is 18.2 Å². The molecule has 0 atom stereocenters. The van der Waals surface area contributed by atoms with Crippen LogP contribution in [0.15, 0.2) is 54.6 Å². The Morgan fingerprint density at radius 2 is 1.00 bits per heavy atom. The summed E-state index contributed by atoms with van der Waals surface area (Å²) < 4.78 is 10.0. The summed E-state index contributed by atoms with van der Waals surface area (Å²) in [5.74, 6) is -2.79. The first-order valence-electron chi connectivity index (χ1n) is 11.2. The standard InChI is InChI=1S/C27H27N3O6/c1-16-8-17(2)11-20(10-16)28-24(31)14-35-26(33)22-6-5-7-23(30-22)27(34)36-15-25(32)29-21-12-18(3)9-19(4)13-21/h5-13H,14-15H2,1-4H3,(H,28,31)(H,29,32). The molecule has 0 fully saturated rings. The summed E-state index contributed by atoms with van der Waals surface area (Å²) in [7, 11) is 0. The van der Waals surface area contributed by atoms with Crippen LogP contribution in [0.1, 0.15) is 43.2 Å². The number of esters is 2. The van der Waals surface area contributed by atoms with E-state index in [0.717, 1.165) is 22.3 Å². The second-order valence-corrected chi connectivity index (χ2v) is 8.41. The van der Waals surface area contributed by atoms with Gasteiger partial charge in [-0.05, 0) is 86.3 Å². The van der Waals surface area contributed by atoms with Crippen molar-refractivity contribution in [3.8, 4) is 0 Å². The SMILES string of the molecule is Cc1cc(C)cc(NC(=O)COC(=O)c2cccc(C(=O)OCC(=O)Nc3cc(C)cc(C)c3)n2)c1. The monoisotopic (exact) mass is 489 g/mol. The van der Waals surface area contributed by atoms with Gasteiger partial charge in [-0.15, -0.1) is 0 Å². The minimum absolute atomic E-state index is 0.177. The Balaban J connectivity index is 1.51. The molecule has 0 unspecified atom stereocenters. The number of hydrogen-bond donors (Lipinski definition) is 2. The molecule has 3 rings (SSSR count). The van der Waals surface area contributed by atoms with Gasteiger partial charge in [-0.25, -0.2) is 14.6 Å². The Bertz CT molecular complexity index is 1180. The summed E-state index contributed by atoms with van der Waals surface area (Å²) in [4.78, 5) is 52.9. The van der Waals surface area contributed by atoms with Gasteiger partial charge in [0.05, 0.1) is 0 Å². The van der Waals surface area contributed by atoms with Crippen LogP contribution in [0, 0.1) is 27.7 Å². The number of benzene rings is 2. The molecule has 0 aliphatic carbocycles. The first-order valence-corrected chi connectivity index (χ1v) is 11.2. The topological polar surface area (TPSA) is 124 Å². The van der Waals surface area contributed by atoms with E-state index in [4.69, 9.17) is 9.47 Å². The molecular formula is C27H27N3O6. The smallest absolute Gasteiger partial charge is 0.357 e. The van der Waals surface area contributed by atoms with Gasteiger partial charge in [-0.2, -0.15) is 0 Å². The highest BCUT2D eigenvalue weighted by Crippen LogP contribution is 2.15. The highest BCUT2D eigenvalue weighted by molar-refractivity contribution is 5.97. The van der Waals surface area contributed by atoms with E-state index in [9.17, 15) is 19.2 Å². The van der Waals surface area contributed by atoms with Crippen molar-refractivity contribution in [2.45, 2.75) is 27.7 Å². The van der Waals surface area contributed by atoms with Crippen LogP contribution >= 0.6 is 0 Å². The van der Waals surface area contributed by atoms with Crippen LogP contribution in [0.25, 0.3) is 0 Å². The summed E-state index contributed by atoms with van der Waals surface area (Å²) >= 11 is 0. The van der Waals surface area contributed by atoms with Crippen LogP contribution in [0.3, 0.4) is 0 Å². The maximum Gasteiger partial charge on any atom is 0.357 e. The van der Waals surface area contributed by atoms with E-state index in [1.807, 2.05) is 39.8 Å². The molecule has 0 aliphatic rings. The average Bonchev–Trinajstić information content (AvgIpc) is 2.79. The van der Waals surface area contributed by atoms with Gasteiger partial charge < -0.3 is 20.1 Å². The Labute approximate surface area is 208 Å². The third-order valence-corrected chi connectivity index (χ3v) is 4.85. The zero-order valence-corrected chi connectivity index (χ0v) is 20.5. The number of carbonyl (C=O) groups is 4. The number of pyridine rings is 1. The van der Waals surface area contributed by atoms with Crippen molar-refractivity contribution in [3.05, 3.63) is 88.2 Å². The molecule has 0 aliphatic heterocycles. The number of nitrogens with one attached hydrogen (secondary N) is 2. The zero-order chi connectivity index (χ0) is 26.2. The van der Waals surface area contributed by atoms with Gasteiger partial charge in [-0.1, -0.05) is 18.2 Å². The quantitative estimate of drug-likeness (QED) is 0.460. The van der Waals surface area contributed by atoms with Crippen molar-refractivity contribution in [1.82, 2.24) is 4.98 Å². The molecule has 0 radical (unpaired) electrons. The predicted molar refractivity (Wildman–Crippen MR) is 134 cm³/mol. The van der Waals surface area contributed by atoms with E-state index in [1.54, 1.807) is 24.3 Å².